The van der Waals surface area contributed by atoms with Gasteiger partial charge in [-0.25, -0.2) is 4.98 Å². The largest absolute Gasteiger partial charge is 0.272 e. The number of aromatic nitrogens is 1. The fraction of sp³-hybridized carbons (Fsp3) is 0.0625. The monoisotopic (exact) mass is 235 g/mol. The zero-order chi connectivity index (χ0) is 12.2. The van der Waals surface area contributed by atoms with E-state index in [2.05, 4.69) is 52.8 Å². The van der Waals surface area contributed by atoms with Crippen molar-refractivity contribution in [2.45, 2.75) is 6.54 Å². The number of rotatable bonds is 3. The van der Waals surface area contributed by atoms with E-state index >= 15 is 0 Å². The van der Waals surface area contributed by atoms with Gasteiger partial charge in [-0.15, -0.1) is 0 Å². The molecule has 2 nitrogen and oxygen atoms in total. The summed E-state index contributed by atoms with van der Waals surface area (Å²) in [5.41, 5.74) is 1.31. The van der Waals surface area contributed by atoms with Gasteiger partial charge in [-0.1, -0.05) is 48.5 Å². The van der Waals surface area contributed by atoms with E-state index in [-0.39, 0.29) is 0 Å². The Morgan fingerprint density at radius 3 is 2.56 bits per heavy atom. The van der Waals surface area contributed by atoms with E-state index in [1.807, 2.05) is 24.4 Å². The molecule has 3 rings (SSSR count). The van der Waals surface area contributed by atoms with Crippen LogP contribution in [0.3, 0.4) is 0 Å². The molecule has 0 fully saturated rings. The Hall–Kier alpha value is -2.35. The van der Waals surface area contributed by atoms with Gasteiger partial charge in [-0.2, -0.15) is 0 Å². The summed E-state index contributed by atoms with van der Waals surface area (Å²) in [4.78, 5) is 3.18. The van der Waals surface area contributed by atoms with Crippen LogP contribution in [0.2, 0.25) is 0 Å². The van der Waals surface area contributed by atoms with E-state index in [1.165, 1.54) is 16.3 Å². The molecule has 0 unspecified atom stereocenters. The highest BCUT2D eigenvalue weighted by Gasteiger charge is 2.03. The average Bonchev–Trinajstić information content (AvgIpc) is 2.46. The Kier molecular flexibility index (Phi) is 2.92. The van der Waals surface area contributed by atoms with Crippen LogP contribution in [0.5, 0.6) is 0 Å². The third kappa shape index (κ3) is 2.18. The first-order valence-electron chi connectivity index (χ1n) is 6.11. The number of aromatic amines is 1. The van der Waals surface area contributed by atoms with Crippen LogP contribution >= 0.6 is 0 Å². The van der Waals surface area contributed by atoms with Crippen LogP contribution in [0.25, 0.3) is 10.8 Å². The van der Waals surface area contributed by atoms with Crippen molar-refractivity contribution in [2.75, 3.05) is 5.32 Å². The van der Waals surface area contributed by atoms with Gasteiger partial charge in [0.15, 0.2) is 0 Å². The first-order valence-corrected chi connectivity index (χ1v) is 6.11. The highest BCUT2D eigenvalue weighted by Crippen LogP contribution is 2.18. The zero-order valence-corrected chi connectivity index (χ0v) is 10.1. The molecule has 2 aromatic carbocycles. The minimum Gasteiger partial charge on any atom is -0.270 e. The van der Waals surface area contributed by atoms with Crippen molar-refractivity contribution in [3.63, 3.8) is 0 Å². The van der Waals surface area contributed by atoms with Gasteiger partial charge >= 0.3 is 0 Å². The molecular weight excluding hydrogens is 220 g/mol. The number of anilines is 1. The minimum atomic E-state index is 0.821. The van der Waals surface area contributed by atoms with Crippen molar-refractivity contribution in [1.82, 2.24) is 0 Å². The lowest BCUT2D eigenvalue weighted by Gasteiger charge is -2.04. The van der Waals surface area contributed by atoms with Crippen molar-refractivity contribution in [3.8, 4) is 0 Å². The number of hydrogen-bond acceptors (Lipinski definition) is 1. The number of pyridine rings is 1. The lowest BCUT2D eigenvalue weighted by molar-refractivity contribution is -0.361. The molecule has 0 aliphatic heterocycles. The molecule has 1 aromatic heterocycles. The van der Waals surface area contributed by atoms with Crippen molar-refractivity contribution < 1.29 is 4.98 Å². The quantitative estimate of drug-likeness (QED) is 0.741. The normalized spacial score (nSPS) is 10.4. The van der Waals surface area contributed by atoms with Gasteiger partial charge < -0.3 is 0 Å². The van der Waals surface area contributed by atoms with E-state index < -0.39 is 0 Å². The van der Waals surface area contributed by atoms with Crippen molar-refractivity contribution in [1.29, 1.82) is 0 Å². The summed E-state index contributed by atoms with van der Waals surface area (Å²) in [6, 6.07) is 20.9. The molecule has 2 N–H and O–H groups in total. The Bertz CT molecular complexity index is 642. The van der Waals surface area contributed by atoms with Gasteiger partial charge in [0.1, 0.15) is 6.54 Å². The van der Waals surface area contributed by atoms with Crippen LogP contribution in [0.15, 0.2) is 66.9 Å². The molecule has 0 aliphatic rings. The molecule has 0 spiro atoms. The Balaban J connectivity index is 1.87. The maximum Gasteiger partial charge on any atom is 0.272 e. The highest BCUT2D eigenvalue weighted by atomic mass is 15.0. The summed E-state index contributed by atoms with van der Waals surface area (Å²) in [6.07, 6.45) is 1.92. The topological polar surface area (TPSA) is 26.2 Å². The number of fused-ring (bicyclic) bond motifs is 1. The van der Waals surface area contributed by atoms with Crippen LogP contribution in [0.4, 0.5) is 5.82 Å². The lowest BCUT2D eigenvalue weighted by Crippen LogP contribution is -2.11. The standard InChI is InChI=1S/C16H14N2/c1-2-9-15-13(6-1)7-5-8-14(15)12-18-16-10-3-4-11-17-16/h1-11H,12H2,(H,17,18)/p+1. The minimum absolute atomic E-state index is 0.821. The molecule has 0 amide bonds. The summed E-state index contributed by atoms with van der Waals surface area (Å²) < 4.78 is 0. The second-order valence-electron chi connectivity index (χ2n) is 4.27. The maximum atomic E-state index is 3.40. The first kappa shape index (κ1) is 10.8. The SMILES string of the molecule is c1ccc(NCc2cccc3ccccc23)[nH+]c1. The number of hydrogen-bond donors (Lipinski definition) is 1. The summed E-state index contributed by atoms with van der Waals surface area (Å²) in [6.45, 7) is 0.821. The smallest absolute Gasteiger partial charge is 0.270 e. The second-order valence-corrected chi connectivity index (χ2v) is 4.27. The average molecular weight is 235 g/mol. The summed E-state index contributed by atoms with van der Waals surface area (Å²) in [5.74, 6) is 1.03. The van der Waals surface area contributed by atoms with E-state index in [1.54, 1.807) is 0 Å². The van der Waals surface area contributed by atoms with E-state index in [0.29, 0.717) is 0 Å². The Labute approximate surface area is 106 Å². The number of nitrogens with one attached hydrogen (secondary N) is 2. The number of H-pyrrole nitrogens is 1. The first-order chi connectivity index (χ1) is 8.93. The second kappa shape index (κ2) is 4.88. The predicted octanol–water partition coefficient (Wildman–Crippen LogP) is 3.27. The molecule has 18 heavy (non-hydrogen) atoms. The molecule has 0 atom stereocenters. The van der Waals surface area contributed by atoms with Gasteiger partial charge in [0.25, 0.3) is 5.82 Å². The summed E-state index contributed by atoms with van der Waals surface area (Å²) in [5, 5.41) is 5.99. The van der Waals surface area contributed by atoms with Crippen LogP contribution in [-0.4, -0.2) is 0 Å². The fourth-order valence-electron chi connectivity index (χ4n) is 2.14. The van der Waals surface area contributed by atoms with Gasteiger partial charge in [-0.3, -0.25) is 5.32 Å². The highest BCUT2D eigenvalue weighted by molar-refractivity contribution is 5.85. The maximum absolute atomic E-state index is 3.40. The molecule has 1 heterocycles. The summed E-state index contributed by atoms with van der Waals surface area (Å²) in [7, 11) is 0. The summed E-state index contributed by atoms with van der Waals surface area (Å²) >= 11 is 0. The number of benzene rings is 2. The molecule has 0 saturated heterocycles. The molecule has 0 aliphatic carbocycles. The lowest BCUT2D eigenvalue weighted by atomic mass is 10.0. The van der Waals surface area contributed by atoms with Crippen LogP contribution < -0.4 is 10.3 Å². The molecular formula is C16H15N2+. The van der Waals surface area contributed by atoms with Crippen molar-refractivity contribution in [2.24, 2.45) is 0 Å². The van der Waals surface area contributed by atoms with Crippen LogP contribution in [0, 0.1) is 0 Å². The van der Waals surface area contributed by atoms with Gasteiger partial charge in [0.05, 0.1) is 6.20 Å². The predicted molar refractivity (Wildman–Crippen MR) is 74.3 cm³/mol. The molecule has 88 valence electrons. The van der Waals surface area contributed by atoms with E-state index in [0.717, 1.165) is 12.4 Å². The third-order valence-electron chi connectivity index (χ3n) is 3.06. The molecule has 0 bridgehead atoms. The molecule has 3 aromatic rings. The fourth-order valence-corrected chi connectivity index (χ4v) is 2.14. The Morgan fingerprint density at radius 1 is 0.833 bits per heavy atom. The third-order valence-corrected chi connectivity index (χ3v) is 3.06. The molecule has 0 saturated carbocycles. The van der Waals surface area contributed by atoms with Gasteiger partial charge in [-0.05, 0) is 16.8 Å². The molecule has 2 heteroatoms. The van der Waals surface area contributed by atoms with Crippen LogP contribution in [-0.2, 0) is 6.54 Å². The van der Waals surface area contributed by atoms with E-state index in [4.69, 9.17) is 0 Å². The van der Waals surface area contributed by atoms with Crippen molar-refractivity contribution >= 4 is 16.6 Å². The van der Waals surface area contributed by atoms with E-state index in [9.17, 15) is 0 Å². The van der Waals surface area contributed by atoms with Gasteiger partial charge in [0, 0.05) is 11.6 Å². The van der Waals surface area contributed by atoms with Crippen molar-refractivity contribution in [3.05, 3.63) is 72.4 Å². The van der Waals surface area contributed by atoms with Gasteiger partial charge in [0.2, 0.25) is 0 Å². The molecule has 0 radical (unpaired) electrons. The van der Waals surface area contributed by atoms with Crippen LogP contribution in [0.1, 0.15) is 5.56 Å². The zero-order valence-electron chi connectivity index (χ0n) is 10.1. The Morgan fingerprint density at radius 2 is 1.67 bits per heavy atom.